The van der Waals surface area contributed by atoms with Crippen LogP contribution in [0.15, 0.2) is 24.3 Å². The normalized spacial score (nSPS) is 18.6. The molecule has 0 heterocycles. The van der Waals surface area contributed by atoms with Gasteiger partial charge >= 0.3 is 0 Å². The summed E-state index contributed by atoms with van der Waals surface area (Å²) < 4.78 is 5.54. The molecule has 0 saturated heterocycles. The molecule has 0 radical (unpaired) electrons. The molecule has 0 spiro atoms. The summed E-state index contributed by atoms with van der Waals surface area (Å²) in [7, 11) is 0. The summed E-state index contributed by atoms with van der Waals surface area (Å²) >= 11 is 6.05. The SMILES string of the molecule is CCC1(NCC(O)COCc2ccccc2Cl)CCC1. The standard InChI is InChI=1S/C16H24ClNO2/c1-2-16(8-5-9-16)18-10-14(19)12-20-11-13-6-3-4-7-15(13)17/h3-4,6-7,14,18-19H,2,5,8-12H2,1H3. The largest absolute Gasteiger partial charge is 0.389 e. The lowest BCUT2D eigenvalue weighted by Gasteiger charge is -2.42. The molecule has 0 aliphatic heterocycles. The van der Waals surface area contributed by atoms with Crippen LogP contribution in [0.2, 0.25) is 5.02 Å². The van der Waals surface area contributed by atoms with Gasteiger partial charge in [-0.15, -0.1) is 0 Å². The molecule has 1 saturated carbocycles. The average Bonchev–Trinajstić information content (AvgIpc) is 2.40. The molecule has 0 aromatic heterocycles. The summed E-state index contributed by atoms with van der Waals surface area (Å²) in [5.74, 6) is 0. The Balaban J connectivity index is 1.65. The van der Waals surface area contributed by atoms with Crippen molar-refractivity contribution < 1.29 is 9.84 Å². The Morgan fingerprint density at radius 2 is 2.15 bits per heavy atom. The van der Waals surface area contributed by atoms with E-state index in [1.54, 1.807) is 0 Å². The predicted octanol–water partition coefficient (Wildman–Crippen LogP) is 3.14. The van der Waals surface area contributed by atoms with Crippen LogP contribution >= 0.6 is 11.6 Å². The second-order valence-corrected chi connectivity index (χ2v) is 6.04. The van der Waals surface area contributed by atoms with Crippen LogP contribution in [-0.2, 0) is 11.3 Å². The van der Waals surface area contributed by atoms with Gasteiger partial charge in [0, 0.05) is 17.1 Å². The predicted molar refractivity (Wildman–Crippen MR) is 82.0 cm³/mol. The molecule has 1 atom stereocenters. The van der Waals surface area contributed by atoms with E-state index in [9.17, 15) is 5.11 Å². The second kappa shape index (κ2) is 7.41. The summed E-state index contributed by atoms with van der Waals surface area (Å²) in [6.45, 7) is 3.57. The number of halogens is 1. The molecule has 3 nitrogen and oxygen atoms in total. The van der Waals surface area contributed by atoms with E-state index in [2.05, 4.69) is 12.2 Å². The molecule has 112 valence electrons. The number of hydrogen-bond donors (Lipinski definition) is 2. The van der Waals surface area contributed by atoms with E-state index in [1.807, 2.05) is 24.3 Å². The molecular formula is C16H24ClNO2. The van der Waals surface area contributed by atoms with Crippen LogP contribution in [0.4, 0.5) is 0 Å². The van der Waals surface area contributed by atoms with E-state index in [4.69, 9.17) is 16.3 Å². The van der Waals surface area contributed by atoms with Crippen LogP contribution in [0.25, 0.3) is 0 Å². The van der Waals surface area contributed by atoms with Gasteiger partial charge in [-0.3, -0.25) is 0 Å². The van der Waals surface area contributed by atoms with E-state index in [0.717, 1.165) is 12.0 Å². The van der Waals surface area contributed by atoms with Gasteiger partial charge in [0.1, 0.15) is 0 Å². The van der Waals surface area contributed by atoms with Gasteiger partial charge in [-0.1, -0.05) is 36.7 Å². The first-order chi connectivity index (χ1) is 9.65. The van der Waals surface area contributed by atoms with Gasteiger partial charge in [-0.25, -0.2) is 0 Å². The average molecular weight is 298 g/mol. The number of ether oxygens (including phenoxy) is 1. The highest BCUT2D eigenvalue weighted by molar-refractivity contribution is 6.31. The van der Waals surface area contributed by atoms with Crippen molar-refractivity contribution in [2.45, 2.75) is 50.9 Å². The Morgan fingerprint density at radius 1 is 1.40 bits per heavy atom. The van der Waals surface area contributed by atoms with Gasteiger partial charge in [0.05, 0.1) is 19.3 Å². The smallest absolute Gasteiger partial charge is 0.0898 e. The topological polar surface area (TPSA) is 41.5 Å². The van der Waals surface area contributed by atoms with Gasteiger partial charge < -0.3 is 15.2 Å². The van der Waals surface area contributed by atoms with E-state index < -0.39 is 6.10 Å². The van der Waals surface area contributed by atoms with Crippen LogP contribution in [-0.4, -0.2) is 29.9 Å². The zero-order valence-electron chi connectivity index (χ0n) is 12.1. The number of β-amino-alcohol motifs (C(OH)–C–C–N with tert-alkyl or cyclic N) is 1. The third-order valence-electron chi connectivity index (χ3n) is 4.23. The van der Waals surface area contributed by atoms with Gasteiger partial charge in [-0.05, 0) is 37.3 Å². The van der Waals surface area contributed by atoms with E-state index in [-0.39, 0.29) is 5.54 Å². The minimum Gasteiger partial charge on any atom is -0.389 e. The van der Waals surface area contributed by atoms with Crippen LogP contribution in [0.5, 0.6) is 0 Å². The Bertz CT molecular complexity index is 415. The fraction of sp³-hybridized carbons (Fsp3) is 0.625. The van der Waals surface area contributed by atoms with Crippen molar-refractivity contribution in [3.63, 3.8) is 0 Å². The number of aliphatic hydroxyl groups is 1. The van der Waals surface area contributed by atoms with Crippen LogP contribution in [0.3, 0.4) is 0 Å². The van der Waals surface area contributed by atoms with Crippen molar-refractivity contribution in [2.75, 3.05) is 13.2 Å². The van der Waals surface area contributed by atoms with E-state index >= 15 is 0 Å². The van der Waals surface area contributed by atoms with E-state index in [1.165, 1.54) is 19.3 Å². The van der Waals surface area contributed by atoms with Crippen LogP contribution < -0.4 is 5.32 Å². The zero-order valence-corrected chi connectivity index (χ0v) is 12.8. The Labute approximate surface area is 126 Å². The molecule has 0 amide bonds. The maximum atomic E-state index is 9.95. The van der Waals surface area contributed by atoms with Gasteiger partial charge in [-0.2, -0.15) is 0 Å². The molecule has 1 aromatic carbocycles. The van der Waals surface area contributed by atoms with E-state index in [0.29, 0.717) is 24.8 Å². The minimum absolute atomic E-state index is 0.268. The van der Waals surface area contributed by atoms with Gasteiger partial charge in [0.25, 0.3) is 0 Å². The lowest BCUT2D eigenvalue weighted by molar-refractivity contribution is 0.0202. The molecule has 1 aromatic rings. The maximum Gasteiger partial charge on any atom is 0.0898 e. The highest BCUT2D eigenvalue weighted by atomic mass is 35.5. The van der Waals surface area contributed by atoms with Crippen molar-refractivity contribution >= 4 is 11.6 Å². The molecule has 2 N–H and O–H groups in total. The molecule has 1 unspecified atom stereocenters. The Hall–Kier alpha value is -0.610. The van der Waals surface area contributed by atoms with Crippen molar-refractivity contribution in [1.82, 2.24) is 5.32 Å². The second-order valence-electron chi connectivity index (χ2n) is 5.63. The van der Waals surface area contributed by atoms with Gasteiger partial charge in [0.15, 0.2) is 0 Å². The molecule has 0 bridgehead atoms. The first-order valence-corrected chi connectivity index (χ1v) is 7.77. The fourth-order valence-corrected chi connectivity index (χ4v) is 2.76. The number of hydrogen-bond acceptors (Lipinski definition) is 3. The summed E-state index contributed by atoms with van der Waals surface area (Å²) in [6, 6.07) is 7.62. The highest BCUT2D eigenvalue weighted by Crippen LogP contribution is 2.34. The summed E-state index contributed by atoms with van der Waals surface area (Å²) in [6.07, 6.45) is 4.38. The summed E-state index contributed by atoms with van der Waals surface area (Å²) in [4.78, 5) is 0. The lowest BCUT2D eigenvalue weighted by atomic mass is 9.75. The lowest BCUT2D eigenvalue weighted by Crippen LogP contribution is -2.53. The first kappa shape index (κ1) is 15.8. The molecule has 4 heteroatoms. The van der Waals surface area contributed by atoms with Crippen LogP contribution in [0, 0.1) is 0 Å². The van der Waals surface area contributed by atoms with Crippen molar-refractivity contribution in [3.8, 4) is 0 Å². The molecule has 1 fully saturated rings. The molecular weight excluding hydrogens is 274 g/mol. The molecule has 20 heavy (non-hydrogen) atoms. The summed E-state index contributed by atoms with van der Waals surface area (Å²) in [5.41, 5.74) is 1.22. The van der Waals surface area contributed by atoms with Crippen LogP contribution in [0.1, 0.15) is 38.2 Å². The summed E-state index contributed by atoms with van der Waals surface area (Å²) in [5, 5.41) is 14.1. The van der Waals surface area contributed by atoms with Crippen molar-refractivity contribution in [2.24, 2.45) is 0 Å². The number of nitrogens with one attached hydrogen (secondary N) is 1. The number of benzene rings is 1. The van der Waals surface area contributed by atoms with Crippen molar-refractivity contribution in [3.05, 3.63) is 34.9 Å². The number of aliphatic hydroxyl groups excluding tert-OH is 1. The molecule has 1 aliphatic carbocycles. The molecule has 1 aliphatic rings. The third-order valence-corrected chi connectivity index (χ3v) is 4.59. The minimum atomic E-state index is -0.471. The monoisotopic (exact) mass is 297 g/mol. The third kappa shape index (κ3) is 4.19. The van der Waals surface area contributed by atoms with Gasteiger partial charge in [0.2, 0.25) is 0 Å². The fourth-order valence-electron chi connectivity index (χ4n) is 2.57. The Morgan fingerprint density at radius 3 is 2.75 bits per heavy atom. The Kier molecular flexibility index (Phi) is 5.85. The quantitative estimate of drug-likeness (QED) is 0.774. The highest BCUT2D eigenvalue weighted by Gasteiger charge is 2.34. The molecule has 2 rings (SSSR count). The zero-order chi connectivity index (χ0) is 14.4. The van der Waals surface area contributed by atoms with Crippen molar-refractivity contribution in [1.29, 1.82) is 0 Å². The number of rotatable bonds is 8. The first-order valence-electron chi connectivity index (χ1n) is 7.39. The maximum absolute atomic E-state index is 9.95.